The summed E-state index contributed by atoms with van der Waals surface area (Å²) in [6.07, 6.45) is -1.29. The highest BCUT2D eigenvalue weighted by Gasteiger charge is 2.31. The molecule has 2 atom stereocenters. The Bertz CT molecular complexity index is 447. The lowest BCUT2D eigenvalue weighted by atomic mass is 10.2. The standard InChI is InChI=1S/C15H28O5Si2/c1-17-14(12-16)15(18-2)13(20-22(6,7)8)10-9-11-19-21(3,4)5/h13,15H,11H2,1-8H3. The van der Waals surface area contributed by atoms with Gasteiger partial charge in [-0.1, -0.05) is 11.8 Å². The first-order valence-corrected chi connectivity index (χ1v) is 14.0. The van der Waals surface area contributed by atoms with E-state index in [9.17, 15) is 4.79 Å². The van der Waals surface area contributed by atoms with Crippen LogP contribution in [0.2, 0.25) is 39.3 Å². The summed E-state index contributed by atoms with van der Waals surface area (Å²) in [6, 6.07) is 0. The van der Waals surface area contributed by atoms with Crippen molar-refractivity contribution in [3.05, 3.63) is 5.76 Å². The van der Waals surface area contributed by atoms with Gasteiger partial charge in [-0.3, -0.25) is 0 Å². The van der Waals surface area contributed by atoms with Crippen LogP contribution in [-0.2, 0) is 23.1 Å². The van der Waals surface area contributed by atoms with Crippen LogP contribution in [0.25, 0.3) is 0 Å². The fourth-order valence-corrected chi connectivity index (χ4v) is 2.98. The van der Waals surface area contributed by atoms with Crippen molar-refractivity contribution >= 4 is 22.6 Å². The third-order valence-corrected chi connectivity index (χ3v) is 4.38. The maximum atomic E-state index is 11.0. The molecule has 0 aliphatic rings. The lowest BCUT2D eigenvalue weighted by Gasteiger charge is -2.28. The Morgan fingerprint density at radius 1 is 1.05 bits per heavy atom. The van der Waals surface area contributed by atoms with Gasteiger partial charge >= 0.3 is 0 Å². The van der Waals surface area contributed by atoms with Gasteiger partial charge < -0.3 is 18.3 Å². The highest BCUT2D eigenvalue weighted by atomic mass is 28.4. The van der Waals surface area contributed by atoms with Crippen LogP contribution in [0.15, 0.2) is 5.76 Å². The minimum atomic E-state index is -1.88. The van der Waals surface area contributed by atoms with Crippen molar-refractivity contribution in [1.29, 1.82) is 0 Å². The van der Waals surface area contributed by atoms with E-state index in [-0.39, 0.29) is 5.76 Å². The maximum absolute atomic E-state index is 11.0. The molecule has 0 N–H and O–H groups in total. The second-order valence-corrected chi connectivity index (χ2v) is 15.7. The Morgan fingerprint density at radius 2 is 1.64 bits per heavy atom. The lowest BCUT2D eigenvalue weighted by molar-refractivity contribution is 0.0168. The van der Waals surface area contributed by atoms with E-state index in [1.807, 2.05) is 19.6 Å². The monoisotopic (exact) mass is 344 g/mol. The molecule has 0 fully saturated rings. The van der Waals surface area contributed by atoms with E-state index >= 15 is 0 Å². The molecule has 7 heteroatoms. The molecule has 0 rings (SSSR count). The molecule has 0 radical (unpaired) electrons. The molecule has 22 heavy (non-hydrogen) atoms. The molecule has 0 saturated heterocycles. The molecule has 2 unspecified atom stereocenters. The molecular weight excluding hydrogens is 316 g/mol. The molecule has 0 aromatic heterocycles. The zero-order valence-corrected chi connectivity index (χ0v) is 16.9. The third kappa shape index (κ3) is 9.20. The van der Waals surface area contributed by atoms with Crippen molar-refractivity contribution in [2.24, 2.45) is 0 Å². The smallest absolute Gasteiger partial charge is 0.212 e. The molecule has 0 heterocycles. The first kappa shape index (κ1) is 21.1. The summed E-state index contributed by atoms with van der Waals surface area (Å²) in [5.74, 6) is 7.76. The molecule has 5 nitrogen and oxygen atoms in total. The molecule has 0 aliphatic heterocycles. The highest BCUT2D eigenvalue weighted by Crippen LogP contribution is 2.17. The van der Waals surface area contributed by atoms with Crippen LogP contribution >= 0.6 is 0 Å². The van der Waals surface area contributed by atoms with E-state index in [0.717, 1.165) is 0 Å². The average molecular weight is 345 g/mol. The first-order chi connectivity index (χ1) is 10.0. The number of hydrogen-bond donors (Lipinski definition) is 0. The summed E-state index contributed by atoms with van der Waals surface area (Å²) in [6.45, 7) is 12.8. The quantitative estimate of drug-likeness (QED) is 0.293. The zero-order chi connectivity index (χ0) is 17.4. The van der Waals surface area contributed by atoms with Crippen molar-refractivity contribution in [3.8, 4) is 11.8 Å². The van der Waals surface area contributed by atoms with Gasteiger partial charge in [-0.05, 0) is 39.3 Å². The molecule has 0 amide bonds. The number of rotatable bonds is 8. The topological polar surface area (TPSA) is 54.0 Å². The summed E-state index contributed by atoms with van der Waals surface area (Å²) in [5, 5.41) is 0. The molecule has 0 aromatic rings. The van der Waals surface area contributed by atoms with Crippen LogP contribution in [0.3, 0.4) is 0 Å². The number of ether oxygens (including phenoxy) is 2. The van der Waals surface area contributed by atoms with Crippen molar-refractivity contribution < 1.29 is 23.1 Å². The van der Waals surface area contributed by atoms with Gasteiger partial charge in [-0.15, -0.1) is 0 Å². The zero-order valence-electron chi connectivity index (χ0n) is 14.9. The van der Waals surface area contributed by atoms with Crippen LogP contribution in [0.4, 0.5) is 0 Å². The summed E-state index contributed by atoms with van der Waals surface area (Å²) < 4.78 is 22.1. The normalized spacial score (nSPS) is 14.4. The Kier molecular flexibility index (Phi) is 8.93. The van der Waals surface area contributed by atoms with Crippen molar-refractivity contribution in [2.75, 3.05) is 20.8 Å². The first-order valence-electron chi connectivity index (χ1n) is 7.16. The molecule has 0 bridgehead atoms. The van der Waals surface area contributed by atoms with Crippen molar-refractivity contribution in [1.82, 2.24) is 0 Å². The number of methoxy groups -OCH3 is 2. The summed E-state index contributed by atoms with van der Waals surface area (Å²) in [7, 11) is -0.596. The highest BCUT2D eigenvalue weighted by molar-refractivity contribution is 6.70. The predicted molar refractivity (Wildman–Crippen MR) is 92.3 cm³/mol. The van der Waals surface area contributed by atoms with Gasteiger partial charge in [0, 0.05) is 7.11 Å². The second-order valence-electron chi connectivity index (χ2n) is 6.70. The Morgan fingerprint density at radius 3 is 2.00 bits per heavy atom. The Hall–Kier alpha value is -0.876. The van der Waals surface area contributed by atoms with Gasteiger partial charge in [-0.2, -0.15) is 0 Å². The third-order valence-electron chi connectivity index (χ3n) is 2.41. The summed E-state index contributed by atoms with van der Waals surface area (Å²) in [5.41, 5.74) is 0. The SMILES string of the molecule is COC(=C=O)C(OC)C(C#CCO[Si](C)(C)C)O[Si](C)(C)C. The van der Waals surface area contributed by atoms with Crippen molar-refractivity contribution in [3.63, 3.8) is 0 Å². The fraction of sp³-hybridized carbons (Fsp3) is 0.733. The molecule has 126 valence electrons. The summed E-state index contributed by atoms with van der Waals surface area (Å²) in [4.78, 5) is 11.0. The van der Waals surface area contributed by atoms with E-state index in [1.54, 1.807) is 5.94 Å². The molecular formula is C15H28O5Si2. The van der Waals surface area contributed by atoms with Crippen LogP contribution in [0.5, 0.6) is 0 Å². The van der Waals surface area contributed by atoms with Gasteiger partial charge in [0.25, 0.3) is 0 Å². The van der Waals surface area contributed by atoms with Gasteiger partial charge in [0.2, 0.25) is 5.76 Å². The fourth-order valence-electron chi connectivity index (χ4n) is 1.53. The van der Waals surface area contributed by atoms with E-state index in [0.29, 0.717) is 6.61 Å². The van der Waals surface area contributed by atoms with E-state index in [2.05, 4.69) is 31.5 Å². The number of hydrogen-bond acceptors (Lipinski definition) is 5. The van der Waals surface area contributed by atoms with Crippen molar-refractivity contribution in [2.45, 2.75) is 51.5 Å². The minimum Gasteiger partial charge on any atom is -0.488 e. The maximum Gasteiger partial charge on any atom is 0.212 e. The molecule has 0 aliphatic carbocycles. The van der Waals surface area contributed by atoms with Gasteiger partial charge in [-0.25, -0.2) is 4.79 Å². The van der Waals surface area contributed by atoms with E-state index < -0.39 is 28.8 Å². The Balaban J connectivity index is 5.20. The molecule has 0 spiro atoms. The van der Waals surface area contributed by atoms with Gasteiger partial charge in [0.15, 0.2) is 28.7 Å². The average Bonchev–Trinajstić information content (AvgIpc) is 2.37. The summed E-state index contributed by atoms with van der Waals surface area (Å²) >= 11 is 0. The lowest BCUT2D eigenvalue weighted by Crippen LogP contribution is -2.40. The second kappa shape index (κ2) is 9.30. The molecule has 0 aromatic carbocycles. The van der Waals surface area contributed by atoms with E-state index in [4.69, 9.17) is 18.3 Å². The number of carbonyl (C=O) groups excluding carboxylic acids is 1. The minimum absolute atomic E-state index is 0.0474. The Labute approximate surface area is 136 Å². The van der Waals surface area contributed by atoms with Crippen LogP contribution in [0.1, 0.15) is 0 Å². The predicted octanol–water partition coefficient (Wildman–Crippen LogP) is 2.44. The largest absolute Gasteiger partial charge is 0.488 e. The van der Waals surface area contributed by atoms with Crippen LogP contribution in [-0.4, -0.2) is 55.6 Å². The van der Waals surface area contributed by atoms with Gasteiger partial charge in [0.05, 0.1) is 13.7 Å². The molecule has 0 saturated carbocycles. The van der Waals surface area contributed by atoms with Gasteiger partial charge in [0.1, 0.15) is 6.10 Å². The van der Waals surface area contributed by atoms with Crippen LogP contribution in [0, 0.1) is 11.8 Å². The van der Waals surface area contributed by atoms with Crippen LogP contribution < -0.4 is 0 Å². The van der Waals surface area contributed by atoms with E-state index in [1.165, 1.54) is 14.2 Å².